The number of hydrogen-bond acceptors (Lipinski definition) is 6. The van der Waals surface area contributed by atoms with Crippen molar-refractivity contribution in [1.82, 2.24) is 19.4 Å². The number of rotatable bonds is 6. The molecule has 7 heteroatoms. The smallest absolute Gasteiger partial charge is 0.145 e. The Morgan fingerprint density at radius 1 is 1.19 bits per heavy atom. The maximum Gasteiger partial charge on any atom is 0.145 e. The maximum absolute atomic E-state index is 8.87. The third-order valence-corrected chi connectivity index (χ3v) is 4.70. The lowest BCUT2D eigenvalue weighted by molar-refractivity contribution is 0.201. The standard InChI is InChI=1S/C19H23N5O2/c25-8-9-26-15-6-7-24-17(12-21-19(24)10-15)16-11-20-13-18(23-16)22-14-4-2-1-3-5-14/h6-7,10-14,25H,1-5,8-9H2,(H,22,23). The van der Waals surface area contributed by atoms with Crippen LogP contribution >= 0.6 is 0 Å². The van der Waals surface area contributed by atoms with E-state index in [9.17, 15) is 0 Å². The molecule has 0 unspecified atom stereocenters. The molecule has 7 nitrogen and oxygen atoms in total. The Morgan fingerprint density at radius 2 is 2.08 bits per heavy atom. The van der Waals surface area contributed by atoms with E-state index in [-0.39, 0.29) is 13.2 Å². The minimum atomic E-state index is -0.0127. The molecule has 0 saturated heterocycles. The highest BCUT2D eigenvalue weighted by molar-refractivity contribution is 5.61. The SMILES string of the molecule is OCCOc1ccn2c(-c3cncc(NC4CCCCC4)n3)cnc2c1. The molecule has 2 N–H and O–H groups in total. The van der Waals surface area contributed by atoms with Gasteiger partial charge in [-0.2, -0.15) is 0 Å². The lowest BCUT2D eigenvalue weighted by Gasteiger charge is -2.23. The molecule has 0 amide bonds. The number of nitrogens with one attached hydrogen (secondary N) is 1. The van der Waals surface area contributed by atoms with E-state index in [0.29, 0.717) is 11.8 Å². The normalized spacial score (nSPS) is 15.3. The van der Waals surface area contributed by atoms with Gasteiger partial charge in [0.2, 0.25) is 0 Å². The average Bonchev–Trinajstić information content (AvgIpc) is 3.10. The summed E-state index contributed by atoms with van der Waals surface area (Å²) >= 11 is 0. The summed E-state index contributed by atoms with van der Waals surface area (Å²) in [4.78, 5) is 13.5. The Bertz CT molecular complexity index is 873. The molecule has 3 aromatic heterocycles. The van der Waals surface area contributed by atoms with Crippen LogP contribution in [0.1, 0.15) is 32.1 Å². The molecular weight excluding hydrogens is 330 g/mol. The van der Waals surface area contributed by atoms with Gasteiger partial charge in [0.05, 0.1) is 30.9 Å². The van der Waals surface area contributed by atoms with Crippen LogP contribution in [0.5, 0.6) is 5.75 Å². The summed E-state index contributed by atoms with van der Waals surface area (Å²) in [6, 6.07) is 4.18. The van der Waals surface area contributed by atoms with Gasteiger partial charge in [-0.05, 0) is 18.9 Å². The molecule has 0 aromatic carbocycles. The van der Waals surface area contributed by atoms with E-state index in [1.54, 1.807) is 18.6 Å². The zero-order chi connectivity index (χ0) is 17.8. The Labute approximate surface area is 152 Å². The molecule has 3 heterocycles. The van der Waals surface area contributed by atoms with Crippen molar-refractivity contribution < 1.29 is 9.84 Å². The molecule has 4 rings (SSSR count). The molecule has 136 valence electrons. The molecule has 26 heavy (non-hydrogen) atoms. The first kappa shape index (κ1) is 16.8. The van der Waals surface area contributed by atoms with Crippen molar-refractivity contribution in [3.63, 3.8) is 0 Å². The summed E-state index contributed by atoms with van der Waals surface area (Å²) in [5.41, 5.74) is 2.43. The predicted molar refractivity (Wildman–Crippen MR) is 99.3 cm³/mol. The Balaban J connectivity index is 1.57. The number of imidazole rings is 1. The zero-order valence-electron chi connectivity index (χ0n) is 14.6. The lowest BCUT2D eigenvalue weighted by atomic mass is 9.95. The summed E-state index contributed by atoms with van der Waals surface area (Å²) in [5, 5.41) is 12.4. The van der Waals surface area contributed by atoms with Gasteiger partial charge in [-0.1, -0.05) is 19.3 Å². The van der Waals surface area contributed by atoms with Gasteiger partial charge >= 0.3 is 0 Å². The first-order chi connectivity index (χ1) is 12.8. The quantitative estimate of drug-likeness (QED) is 0.709. The van der Waals surface area contributed by atoms with Gasteiger partial charge in [0.25, 0.3) is 0 Å². The predicted octanol–water partition coefficient (Wildman–Crippen LogP) is 2.91. The molecule has 0 bridgehead atoms. The second-order valence-corrected chi connectivity index (χ2v) is 6.57. The van der Waals surface area contributed by atoms with E-state index >= 15 is 0 Å². The minimum Gasteiger partial charge on any atom is -0.491 e. The van der Waals surface area contributed by atoms with Gasteiger partial charge in [0, 0.05) is 18.3 Å². The molecule has 1 aliphatic carbocycles. The number of aliphatic hydroxyl groups is 1. The fraction of sp³-hybridized carbons (Fsp3) is 0.421. The largest absolute Gasteiger partial charge is 0.491 e. The molecule has 1 fully saturated rings. The summed E-state index contributed by atoms with van der Waals surface area (Å²) < 4.78 is 7.40. The van der Waals surface area contributed by atoms with Crippen molar-refractivity contribution in [3.8, 4) is 17.1 Å². The fourth-order valence-electron chi connectivity index (χ4n) is 3.42. The van der Waals surface area contributed by atoms with Gasteiger partial charge in [0.1, 0.15) is 29.5 Å². The van der Waals surface area contributed by atoms with Crippen molar-refractivity contribution in [2.75, 3.05) is 18.5 Å². The van der Waals surface area contributed by atoms with Crippen molar-refractivity contribution >= 4 is 11.5 Å². The molecule has 3 aromatic rings. The highest BCUT2D eigenvalue weighted by Crippen LogP contribution is 2.24. The molecule has 0 aliphatic heterocycles. The van der Waals surface area contributed by atoms with Crippen LogP contribution < -0.4 is 10.1 Å². The Kier molecular flexibility index (Phi) is 4.97. The molecule has 0 atom stereocenters. The van der Waals surface area contributed by atoms with Crippen molar-refractivity contribution in [1.29, 1.82) is 0 Å². The van der Waals surface area contributed by atoms with Crippen LogP contribution in [0.15, 0.2) is 36.9 Å². The lowest BCUT2D eigenvalue weighted by Crippen LogP contribution is -2.22. The van der Waals surface area contributed by atoms with E-state index in [1.165, 1.54) is 32.1 Å². The number of anilines is 1. The van der Waals surface area contributed by atoms with E-state index in [1.807, 2.05) is 22.7 Å². The number of nitrogens with zero attached hydrogens (tertiary/aromatic N) is 4. The maximum atomic E-state index is 8.87. The Hall–Kier alpha value is -2.67. The summed E-state index contributed by atoms with van der Waals surface area (Å²) in [6.07, 6.45) is 13.5. The monoisotopic (exact) mass is 353 g/mol. The van der Waals surface area contributed by atoms with Gasteiger partial charge in [-0.15, -0.1) is 0 Å². The highest BCUT2D eigenvalue weighted by Gasteiger charge is 2.15. The number of pyridine rings is 1. The van der Waals surface area contributed by atoms with E-state index in [2.05, 4.69) is 15.3 Å². The number of fused-ring (bicyclic) bond motifs is 1. The number of aliphatic hydroxyl groups excluding tert-OH is 1. The van der Waals surface area contributed by atoms with Gasteiger partial charge in [0.15, 0.2) is 0 Å². The van der Waals surface area contributed by atoms with Crippen molar-refractivity contribution in [2.24, 2.45) is 0 Å². The zero-order valence-corrected chi connectivity index (χ0v) is 14.6. The van der Waals surface area contributed by atoms with Crippen LogP contribution in [0.2, 0.25) is 0 Å². The number of aromatic nitrogens is 4. The Morgan fingerprint density at radius 3 is 2.92 bits per heavy atom. The van der Waals surface area contributed by atoms with E-state index in [4.69, 9.17) is 14.8 Å². The second kappa shape index (κ2) is 7.70. The molecule has 0 radical (unpaired) electrons. The van der Waals surface area contributed by atoms with Gasteiger partial charge in [-0.25, -0.2) is 9.97 Å². The molecule has 1 saturated carbocycles. The van der Waals surface area contributed by atoms with Crippen LogP contribution in [0.4, 0.5) is 5.82 Å². The van der Waals surface area contributed by atoms with Crippen LogP contribution in [0.3, 0.4) is 0 Å². The minimum absolute atomic E-state index is 0.0127. The number of hydrogen-bond donors (Lipinski definition) is 2. The topological polar surface area (TPSA) is 84.6 Å². The van der Waals surface area contributed by atoms with Crippen molar-refractivity contribution in [2.45, 2.75) is 38.1 Å². The highest BCUT2D eigenvalue weighted by atomic mass is 16.5. The third kappa shape index (κ3) is 3.62. The summed E-state index contributed by atoms with van der Waals surface area (Å²) in [5.74, 6) is 1.50. The summed E-state index contributed by atoms with van der Waals surface area (Å²) in [6.45, 7) is 0.255. The first-order valence-electron chi connectivity index (χ1n) is 9.13. The molecule has 1 aliphatic rings. The van der Waals surface area contributed by atoms with Crippen LogP contribution in [0, 0.1) is 0 Å². The van der Waals surface area contributed by atoms with Crippen LogP contribution in [0.25, 0.3) is 17.0 Å². The van der Waals surface area contributed by atoms with Crippen LogP contribution in [-0.2, 0) is 0 Å². The van der Waals surface area contributed by atoms with Gasteiger partial charge < -0.3 is 15.2 Å². The first-order valence-corrected chi connectivity index (χ1v) is 9.13. The fourth-order valence-corrected chi connectivity index (χ4v) is 3.42. The molecule has 0 spiro atoms. The third-order valence-electron chi connectivity index (χ3n) is 4.70. The van der Waals surface area contributed by atoms with E-state index in [0.717, 1.165) is 22.9 Å². The van der Waals surface area contributed by atoms with Crippen molar-refractivity contribution in [3.05, 3.63) is 36.9 Å². The van der Waals surface area contributed by atoms with Gasteiger partial charge in [-0.3, -0.25) is 9.38 Å². The van der Waals surface area contributed by atoms with E-state index < -0.39 is 0 Å². The number of ether oxygens (including phenoxy) is 1. The van der Waals surface area contributed by atoms with Crippen LogP contribution in [-0.4, -0.2) is 43.7 Å². The summed E-state index contributed by atoms with van der Waals surface area (Å²) in [7, 11) is 0. The second-order valence-electron chi connectivity index (χ2n) is 6.57. The molecular formula is C19H23N5O2. The average molecular weight is 353 g/mol.